The van der Waals surface area contributed by atoms with E-state index in [-0.39, 0.29) is 5.41 Å². The van der Waals surface area contributed by atoms with Crippen LogP contribution in [0.5, 0.6) is 0 Å². The van der Waals surface area contributed by atoms with E-state index in [2.05, 4.69) is 116 Å². The number of nitrogens with zero attached hydrogens (tertiary/aromatic N) is 2. The summed E-state index contributed by atoms with van der Waals surface area (Å²) in [7, 11) is -3.83. The lowest BCUT2D eigenvalue weighted by Gasteiger charge is -2.15. The summed E-state index contributed by atoms with van der Waals surface area (Å²) in [6, 6.07) is 24.3. The molecular formula is C27H27BF4N2. The first-order valence-electron chi connectivity index (χ1n) is 11.3. The zero-order valence-electron chi connectivity index (χ0n) is 19.7. The Morgan fingerprint density at radius 3 is 2.15 bits per heavy atom. The van der Waals surface area contributed by atoms with Crippen molar-refractivity contribution in [3.05, 3.63) is 83.9 Å². The molecule has 0 amide bonds. The fourth-order valence-corrected chi connectivity index (χ4v) is 4.99. The maximum Gasteiger partial charge on any atom is 0.673 e. The Balaban J connectivity index is 0.000000499. The van der Waals surface area contributed by atoms with E-state index in [1.165, 1.54) is 44.3 Å². The molecule has 0 spiro atoms. The molecular weight excluding hydrogens is 439 g/mol. The highest BCUT2D eigenvalue weighted by molar-refractivity contribution is 6.50. The van der Waals surface area contributed by atoms with E-state index < -0.39 is 7.25 Å². The second-order valence-corrected chi connectivity index (χ2v) is 8.95. The van der Waals surface area contributed by atoms with Crippen LogP contribution < -0.4 is 0 Å². The van der Waals surface area contributed by atoms with Crippen molar-refractivity contribution in [3.63, 3.8) is 0 Å². The van der Waals surface area contributed by atoms with Crippen LogP contribution in [0.25, 0.3) is 27.9 Å². The molecule has 0 saturated carbocycles. The minimum Gasteiger partial charge on any atom is -0.418 e. The smallest absolute Gasteiger partial charge is 0.418 e. The Morgan fingerprint density at radius 1 is 0.853 bits per heavy atom. The molecule has 176 valence electrons. The highest BCUT2D eigenvalue weighted by atomic mass is 19.5. The molecule has 2 nitrogen and oxygen atoms in total. The molecule has 1 aromatic heterocycles. The van der Waals surface area contributed by atoms with Gasteiger partial charge in [-0.25, -0.2) is 0 Å². The van der Waals surface area contributed by atoms with Gasteiger partial charge in [0, 0.05) is 46.1 Å². The van der Waals surface area contributed by atoms with Crippen LogP contribution in [0, 0.1) is 0 Å². The van der Waals surface area contributed by atoms with Crippen LogP contribution in [0.1, 0.15) is 31.9 Å². The third kappa shape index (κ3) is 4.39. The van der Waals surface area contributed by atoms with Gasteiger partial charge in [0.05, 0.1) is 5.41 Å². The topological polar surface area (TPSA) is 7.94 Å². The lowest BCUT2D eigenvalue weighted by atomic mass is 9.81. The Labute approximate surface area is 196 Å². The summed E-state index contributed by atoms with van der Waals surface area (Å²) in [6.07, 6.45) is 4.55. The SMILES string of the molecule is CCn1c2ccccc2c2cc(C=CC3=[N+](C)c4ccccc4C3(C)C)ccc21.F[B-](F)(F)F. The van der Waals surface area contributed by atoms with E-state index in [9.17, 15) is 17.3 Å². The number of halogens is 4. The normalized spacial score (nSPS) is 15.2. The lowest BCUT2D eigenvalue weighted by molar-refractivity contribution is -0.401. The molecule has 1 aliphatic rings. The predicted molar refractivity (Wildman–Crippen MR) is 135 cm³/mol. The molecule has 0 aliphatic carbocycles. The summed E-state index contributed by atoms with van der Waals surface area (Å²) in [5.41, 5.74) is 7.89. The quantitative estimate of drug-likeness (QED) is 0.165. The molecule has 1 aliphatic heterocycles. The number of hydrogen-bond donors (Lipinski definition) is 0. The first-order chi connectivity index (χ1) is 16.0. The number of fused-ring (bicyclic) bond motifs is 4. The molecule has 7 heteroatoms. The second-order valence-electron chi connectivity index (χ2n) is 8.95. The Kier molecular flexibility index (Phi) is 6.15. The van der Waals surface area contributed by atoms with Gasteiger partial charge in [0.2, 0.25) is 5.69 Å². The summed E-state index contributed by atoms with van der Waals surface area (Å²) in [4.78, 5) is 0. The Bertz CT molecular complexity index is 1420. The van der Waals surface area contributed by atoms with E-state index >= 15 is 0 Å². The van der Waals surface area contributed by atoms with Crippen LogP contribution in [-0.4, -0.2) is 29.2 Å². The lowest BCUT2D eigenvalue weighted by Crippen LogP contribution is -2.26. The van der Waals surface area contributed by atoms with Crippen molar-refractivity contribution in [2.45, 2.75) is 32.7 Å². The Morgan fingerprint density at radius 2 is 1.47 bits per heavy atom. The predicted octanol–water partition coefficient (Wildman–Crippen LogP) is 7.83. The van der Waals surface area contributed by atoms with Crippen molar-refractivity contribution in [3.8, 4) is 0 Å². The summed E-state index contributed by atoms with van der Waals surface area (Å²) in [6.45, 7) is 7.82. The molecule has 0 unspecified atom stereocenters. The summed E-state index contributed by atoms with van der Waals surface area (Å²) >= 11 is 0. The van der Waals surface area contributed by atoms with Crippen LogP contribution in [0.3, 0.4) is 0 Å². The fourth-order valence-electron chi connectivity index (χ4n) is 4.99. The summed E-state index contributed by atoms with van der Waals surface area (Å²) < 4.78 is 43.7. The number of benzene rings is 3. The fraction of sp³-hybridized carbons (Fsp3) is 0.222. The zero-order chi connectivity index (χ0) is 24.7. The summed E-state index contributed by atoms with van der Waals surface area (Å²) in [5, 5.41) is 2.66. The van der Waals surface area contributed by atoms with Crippen LogP contribution in [0.2, 0.25) is 0 Å². The number of allylic oxidation sites excluding steroid dienone is 1. The second kappa shape index (κ2) is 8.78. The van der Waals surface area contributed by atoms with Crippen molar-refractivity contribution in [2.24, 2.45) is 0 Å². The van der Waals surface area contributed by atoms with Gasteiger partial charge in [0.1, 0.15) is 7.05 Å². The number of aromatic nitrogens is 1. The molecule has 4 aromatic rings. The van der Waals surface area contributed by atoms with Crippen LogP contribution >= 0.6 is 0 Å². The van der Waals surface area contributed by atoms with E-state index in [1.807, 2.05) is 0 Å². The highest BCUT2D eigenvalue weighted by Gasteiger charge is 2.42. The van der Waals surface area contributed by atoms with Crippen molar-refractivity contribution < 1.29 is 21.8 Å². The molecule has 0 N–H and O–H groups in total. The van der Waals surface area contributed by atoms with E-state index in [0.29, 0.717) is 0 Å². The number of rotatable bonds is 3. The third-order valence-corrected chi connectivity index (χ3v) is 6.49. The standard InChI is InChI=1S/C27H27N2.BF4/c1-5-29-23-12-8-6-10-20(23)21-18-19(14-16-24(21)29)15-17-26-27(2,3)22-11-7-9-13-25(22)28(26)4;2-1(3,4)5/h6-18H,5H2,1-4H3;/q+1;-1. The number of hydrogen-bond acceptors (Lipinski definition) is 0. The molecule has 0 fully saturated rings. The van der Waals surface area contributed by atoms with Gasteiger partial charge in [-0.15, -0.1) is 0 Å². The average Bonchev–Trinajstić information content (AvgIpc) is 3.20. The maximum atomic E-state index is 9.75. The van der Waals surface area contributed by atoms with Gasteiger partial charge in [0.25, 0.3) is 0 Å². The van der Waals surface area contributed by atoms with Crippen LogP contribution in [0.15, 0.2) is 72.8 Å². The van der Waals surface area contributed by atoms with Gasteiger partial charge in [0.15, 0.2) is 5.71 Å². The number of para-hydroxylation sites is 2. The van der Waals surface area contributed by atoms with E-state index in [1.54, 1.807) is 0 Å². The molecule has 2 heterocycles. The van der Waals surface area contributed by atoms with Crippen LogP contribution in [0.4, 0.5) is 23.0 Å². The van der Waals surface area contributed by atoms with Gasteiger partial charge >= 0.3 is 7.25 Å². The van der Waals surface area contributed by atoms with Crippen molar-refractivity contribution >= 4 is 46.5 Å². The van der Waals surface area contributed by atoms with Crippen molar-refractivity contribution in [2.75, 3.05) is 7.05 Å². The molecule has 34 heavy (non-hydrogen) atoms. The van der Waals surface area contributed by atoms with Gasteiger partial charge in [-0.05, 0) is 50.6 Å². The monoisotopic (exact) mass is 466 g/mol. The van der Waals surface area contributed by atoms with E-state index in [0.717, 1.165) is 6.54 Å². The minimum absolute atomic E-state index is 0.00415. The highest BCUT2D eigenvalue weighted by Crippen LogP contribution is 2.39. The minimum atomic E-state index is -6.00. The number of aryl methyl sites for hydroxylation is 1. The zero-order valence-corrected chi connectivity index (χ0v) is 19.7. The first-order valence-corrected chi connectivity index (χ1v) is 11.3. The molecule has 0 bridgehead atoms. The largest absolute Gasteiger partial charge is 0.673 e. The molecule has 0 atom stereocenters. The molecule has 0 saturated heterocycles. The van der Waals surface area contributed by atoms with Gasteiger partial charge in [-0.2, -0.15) is 4.58 Å². The Hall–Kier alpha value is -3.35. The molecule has 0 radical (unpaired) electrons. The van der Waals surface area contributed by atoms with Crippen molar-refractivity contribution in [1.29, 1.82) is 0 Å². The third-order valence-electron chi connectivity index (χ3n) is 6.49. The first kappa shape index (κ1) is 23.8. The molecule has 5 rings (SSSR count). The summed E-state index contributed by atoms with van der Waals surface area (Å²) in [5.74, 6) is 0. The van der Waals surface area contributed by atoms with Crippen LogP contribution in [-0.2, 0) is 12.0 Å². The maximum absolute atomic E-state index is 9.75. The van der Waals surface area contributed by atoms with Gasteiger partial charge in [-0.1, -0.05) is 42.5 Å². The molecule has 3 aromatic carbocycles. The van der Waals surface area contributed by atoms with Gasteiger partial charge < -0.3 is 21.8 Å². The average molecular weight is 466 g/mol. The van der Waals surface area contributed by atoms with Crippen molar-refractivity contribution in [1.82, 2.24) is 4.57 Å². The van der Waals surface area contributed by atoms with E-state index in [4.69, 9.17) is 0 Å². The van der Waals surface area contributed by atoms with Gasteiger partial charge in [-0.3, -0.25) is 0 Å².